The Morgan fingerprint density at radius 1 is 1.25 bits per heavy atom. The number of hydrogen-bond acceptors (Lipinski definition) is 3. The summed E-state index contributed by atoms with van der Waals surface area (Å²) in [6.45, 7) is 3.62. The lowest BCUT2D eigenvalue weighted by molar-refractivity contribution is 0.297. The summed E-state index contributed by atoms with van der Waals surface area (Å²) >= 11 is 0. The van der Waals surface area contributed by atoms with E-state index in [0.29, 0.717) is 0 Å². The summed E-state index contributed by atoms with van der Waals surface area (Å²) in [6, 6.07) is 12.3. The molecule has 1 heterocycles. The molecule has 0 unspecified atom stereocenters. The highest BCUT2D eigenvalue weighted by molar-refractivity contribution is 5.45. The molecule has 20 heavy (non-hydrogen) atoms. The van der Waals surface area contributed by atoms with Crippen molar-refractivity contribution in [2.45, 2.75) is 26.3 Å². The van der Waals surface area contributed by atoms with Gasteiger partial charge in [0.2, 0.25) is 0 Å². The zero-order chi connectivity index (χ0) is 13.8. The molecule has 1 aliphatic rings. The molecule has 0 radical (unpaired) electrons. The lowest BCUT2D eigenvalue weighted by Gasteiger charge is -2.12. The molecule has 1 aliphatic carbocycles. The standard InChI is InChI=1S/C17H20N2O/c1-13-10-16(8-9-18-13)19-11-15-4-2-3-5-17(15)20-12-14-6-7-14/h2-5,8-10,14H,6-7,11-12H2,1H3,(H,18,19). The van der Waals surface area contributed by atoms with Gasteiger partial charge in [0.1, 0.15) is 5.75 Å². The van der Waals surface area contributed by atoms with Crippen LogP contribution in [-0.2, 0) is 6.54 Å². The van der Waals surface area contributed by atoms with E-state index in [1.165, 1.54) is 18.4 Å². The second kappa shape index (κ2) is 5.95. The Kier molecular flexibility index (Phi) is 3.86. The minimum absolute atomic E-state index is 0.768. The predicted molar refractivity (Wildman–Crippen MR) is 81.0 cm³/mol. The van der Waals surface area contributed by atoms with Crippen molar-refractivity contribution >= 4 is 5.69 Å². The van der Waals surface area contributed by atoms with Crippen LogP contribution in [0.3, 0.4) is 0 Å². The topological polar surface area (TPSA) is 34.1 Å². The van der Waals surface area contributed by atoms with E-state index in [2.05, 4.69) is 28.5 Å². The maximum Gasteiger partial charge on any atom is 0.124 e. The molecule has 1 aromatic heterocycles. The Labute approximate surface area is 120 Å². The van der Waals surface area contributed by atoms with Crippen molar-refractivity contribution in [2.24, 2.45) is 5.92 Å². The monoisotopic (exact) mass is 268 g/mol. The van der Waals surface area contributed by atoms with E-state index in [0.717, 1.165) is 36.2 Å². The molecule has 104 valence electrons. The van der Waals surface area contributed by atoms with Crippen LogP contribution in [0, 0.1) is 12.8 Å². The van der Waals surface area contributed by atoms with E-state index in [1.807, 2.05) is 31.3 Å². The molecule has 3 nitrogen and oxygen atoms in total. The van der Waals surface area contributed by atoms with Crippen LogP contribution in [-0.4, -0.2) is 11.6 Å². The fraction of sp³-hybridized carbons (Fsp3) is 0.353. The van der Waals surface area contributed by atoms with Gasteiger partial charge in [0.15, 0.2) is 0 Å². The minimum atomic E-state index is 0.768. The van der Waals surface area contributed by atoms with Crippen LogP contribution in [0.1, 0.15) is 24.1 Å². The predicted octanol–water partition coefficient (Wildman–Crippen LogP) is 3.79. The second-order valence-corrected chi connectivity index (χ2v) is 5.40. The van der Waals surface area contributed by atoms with Gasteiger partial charge in [-0.1, -0.05) is 18.2 Å². The number of aryl methyl sites for hydroxylation is 1. The molecule has 0 atom stereocenters. The van der Waals surface area contributed by atoms with Crippen LogP contribution in [0.15, 0.2) is 42.6 Å². The van der Waals surface area contributed by atoms with Gasteiger partial charge >= 0.3 is 0 Å². The molecule has 3 heteroatoms. The fourth-order valence-corrected chi connectivity index (χ4v) is 2.14. The zero-order valence-corrected chi connectivity index (χ0v) is 11.8. The van der Waals surface area contributed by atoms with Crippen molar-refractivity contribution in [1.82, 2.24) is 4.98 Å². The highest BCUT2D eigenvalue weighted by Crippen LogP contribution is 2.30. The molecule has 1 saturated carbocycles. The summed E-state index contributed by atoms with van der Waals surface area (Å²) < 4.78 is 5.92. The first kappa shape index (κ1) is 13.0. The molecule has 1 N–H and O–H groups in total. The maximum atomic E-state index is 5.92. The van der Waals surface area contributed by atoms with E-state index in [4.69, 9.17) is 4.74 Å². The molecule has 2 aromatic rings. The number of nitrogens with zero attached hydrogens (tertiary/aromatic N) is 1. The van der Waals surface area contributed by atoms with Gasteiger partial charge in [-0.3, -0.25) is 4.98 Å². The van der Waals surface area contributed by atoms with Crippen molar-refractivity contribution in [3.05, 3.63) is 53.9 Å². The molecule has 0 bridgehead atoms. The third kappa shape index (κ3) is 3.50. The first-order valence-corrected chi connectivity index (χ1v) is 7.18. The highest BCUT2D eigenvalue weighted by Gasteiger charge is 2.22. The Hall–Kier alpha value is -2.03. The molecule has 0 saturated heterocycles. The molecule has 1 fully saturated rings. The third-order valence-corrected chi connectivity index (χ3v) is 3.52. The molecule has 1 aromatic carbocycles. The van der Waals surface area contributed by atoms with Gasteiger partial charge in [-0.2, -0.15) is 0 Å². The van der Waals surface area contributed by atoms with Crippen molar-refractivity contribution in [1.29, 1.82) is 0 Å². The van der Waals surface area contributed by atoms with Gasteiger partial charge in [-0.05, 0) is 43.9 Å². The molecule has 3 rings (SSSR count). The van der Waals surface area contributed by atoms with Crippen molar-refractivity contribution in [3.8, 4) is 5.75 Å². The average Bonchev–Trinajstić information content (AvgIpc) is 3.28. The lowest BCUT2D eigenvalue weighted by atomic mass is 10.2. The minimum Gasteiger partial charge on any atom is -0.493 e. The van der Waals surface area contributed by atoms with Crippen molar-refractivity contribution < 1.29 is 4.74 Å². The van der Waals surface area contributed by atoms with Gasteiger partial charge < -0.3 is 10.1 Å². The summed E-state index contributed by atoms with van der Waals surface area (Å²) in [4.78, 5) is 4.20. The fourth-order valence-electron chi connectivity index (χ4n) is 2.14. The number of rotatable bonds is 6. The number of anilines is 1. The largest absolute Gasteiger partial charge is 0.493 e. The quantitative estimate of drug-likeness (QED) is 0.865. The molecule has 0 spiro atoms. The molecular weight excluding hydrogens is 248 g/mol. The average molecular weight is 268 g/mol. The Balaban J connectivity index is 1.63. The van der Waals surface area contributed by atoms with Gasteiger partial charge in [-0.25, -0.2) is 0 Å². The summed E-state index contributed by atoms with van der Waals surface area (Å²) in [5, 5.41) is 3.43. The number of nitrogens with one attached hydrogen (secondary N) is 1. The van der Waals surface area contributed by atoms with Gasteiger partial charge in [0, 0.05) is 29.7 Å². The number of ether oxygens (including phenoxy) is 1. The van der Waals surface area contributed by atoms with Gasteiger partial charge in [-0.15, -0.1) is 0 Å². The number of aromatic nitrogens is 1. The van der Waals surface area contributed by atoms with Gasteiger partial charge in [0.05, 0.1) is 6.61 Å². The smallest absolute Gasteiger partial charge is 0.124 e. The normalized spacial score (nSPS) is 14.1. The van der Waals surface area contributed by atoms with Crippen LogP contribution in [0.4, 0.5) is 5.69 Å². The Morgan fingerprint density at radius 3 is 2.90 bits per heavy atom. The summed E-state index contributed by atoms with van der Waals surface area (Å²) in [6.07, 6.45) is 4.46. The van der Waals surface area contributed by atoms with Crippen LogP contribution < -0.4 is 10.1 Å². The van der Waals surface area contributed by atoms with Crippen LogP contribution >= 0.6 is 0 Å². The SMILES string of the molecule is Cc1cc(NCc2ccccc2OCC2CC2)ccn1. The Morgan fingerprint density at radius 2 is 2.10 bits per heavy atom. The molecule has 0 aliphatic heterocycles. The van der Waals surface area contributed by atoms with E-state index in [9.17, 15) is 0 Å². The maximum absolute atomic E-state index is 5.92. The number of pyridine rings is 1. The molecule has 0 amide bonds. The van der Waals surface area contributed by atoms with Crippen LogP contribution in [0.5, 0.6) is 5.75 Å². The lowest BCUT2D eigenvalue weighted by Crippen LogP contribution is -2.05. The van der Waals surface area contributed by atoms with Gasteiger partial charge in [0.25, 0.3) is 0 Å². The van der Waals surface area contributed by atoms with E-state index in [-0.39, 0.29) is 0 Å². The van der Waals surface area contributed by atoms with Crippen LogP contribution in [0.2, 0.25) is 0 Å². The summed E-state index contributed by atoms with van der Waals surface area (Å²) in [7, 11) is 0. The molecular formula is C17H20N2O. The Bertz CT molecular complexity index is 579. The van der Waals surface area contributed by atoms with Crippen LogP contribution in [0.25, 0.3) is 0 Å². The number of benzene rings is 1. The third-order valence-electron chi connectivity index (χ3n) is 3.52. The second-order valence-electron chi connectivity index (χ2n) is 5.40. The first-order valence-electron chi connectivity index (χ1n) is 7.18. The van der Waals surface area contributed by atoms with E-state index < -0.39 is 0 Å². The summed E-state index contributed by atoms with van der Waals surface area (Å²) in [5.74, 6) is 1.77. The van der Waals surface area contributed by atoms with Crippen molar-refractivity contribution in [3.63, 3.8) is 0 Å². The van der Waals surface area contributed by atoms with E-state index >= 15 is 0 Å². The number of para-hydroxylation sites is 1. The van der Waals surface area contributed by atoms with E-state index in [1.54, 1.807) is 0 Å². The highest BCUT2D eigenvalue weighted by atomic mass is 16.5. The first-order chi connectivity index (χ1) is 9.81. The number of hydrogen-bond donors (Lipinski definition) is 1. The van der Waals surface area contributed by atoms with Crippen molar-refractivity contribution in [2.75, 3.05) is 11.9 Å². The summed E-state index contributed by atoms with van der Waals surface area (Å²) in [5.41, 5.74) is 3.31. The zero-order valence-electron chi connectivity index (χ0n) is 11.8.